The number of aryl methyl sites for hydroxylation is 1. The maximum atomic E-state index is 12.6. The van der Waals surface area contributed by atoms with Crippen molar-refractivity contribution in [2.45, 2.75) is 6.92 Å². The van der Waals surface area contributed by atoms with Crippen molar-refractivity contribution in [3.63, 3.8) is 0 Å². The van der Waals surface area contributed by atoms with Gasteiger partial charge in [0.25, 0.3) is 0 Å². The lowest BCUT2D eigenvalue weighted by molar-refractivity contribution is 0.0600. The predicted molar refractivity (Wildman–Crippen MR) is 76.3 cm³/mol. The summed E-state index contributed by atoms with van der Waals surface area (Å²) >= 11 is 0. The number of hydrogen-bond donors (Lipinski definition) is 0. The highest BCUT2D eigenvalue weighted by Gasteiger charge is 2.22. The van der Waals surface area contributed by atoms with E-state index in [1.807, 2.05) is 0 Å². The molecule has 0 aliphatic carbocycles. The van der Waals surface area contributed by atoms with E-state index in [1.165, 1.54) is 19.6 Å². The molecule has 1 aromatic carbocycles. The monoisotopic (exact) mass is 284 g/mol. The second kappa shape index (κ2) is 4.94. The molecule has 0 bridgehead atoms. The first kappa shape index (κ1) is 13.2. The Balaban J connectivity index is 2.31. The second-order valence-electron chi connectivity index (χ2n) is 4.55. The fraction of sp³-hybridized carbons (Fsp3) is 0.125. The van der Waals surface area contributed by atoms with Gasteiger partial charge in [0, 0.05) is 5.56 Å². The molecule has 0 unspecified atom stereocenters. The summed E-state index contributed by atoms with van der Waals surface area (Å²) in [6.45, 7) is 1.68. The minimum atomic E-state index is -0.561. The Labute approximate surface area is 119 Å². The van der Waals surface area contributed by atoms with Crippen molar-refractivity contribution in [3.05, 3.63) is 58.3 Å². The van der Waals surface area contributed by atoms with Crippen LogP contribution in [0.1, 0.15) is 16.1 Å². The number of carbonyl (C=O) groups is 1. The maximum Gasteiger partial charge on any atom is 0.341 e. The fourth-order valence-electron chi connectivity index (χ4n) is 2.30. The summed E-state index contributed by atoms with van der Waals surface area (Å²) in [5, 5.41) is 0.450. The van der Waals surface area contributed by atoms with Gasteiger partial charge in [-0.1, -0.05) is 12.1 Å². The van der Waals surface area contributed by atoms with Gasteiger partial charge >= 0.3 is 5.97 Å². The Morgan fingerprint density at radius 1 is 1.14 bits per heavy atom. The lowest BCUT2D eigenvalue weighted by Gasteiger charge is -2.04. The average Bonchev–Trinajstić information content (AvgIpc) is 2.89. The maximum absolute atomic E-state index is 12.6. The van der Waals surface area contributed by atoms with Crippen LogP contribution in [0.2, 0.25) is 0 Å². The molecular formula is C16H12O5. The van der Waals surface area contributed by atoms with E-state index >= 15 is 0 Å². The zero-order valence-electron chi connectivity index (χ0n) is 11.5. The molecule has 21 heavy (non-hydrogen) atoms. The van der Waals surface area contributed by atoms with Crippen LogP contribution in [0.15, 0.2) is 50.4 Å². The van der Waals surface area contributed by atoms with Gasteiger partial charge in [0.05, 0.1) is 18.1 Å². The van der Waals surface area contributed by atoms with Crippen LogP contribution >= 0.6 is 0 Å². The quantitative estimate of drug-likeness (QED) is 0.676. The number of esters is 1. The summed E-state index contributed by atoms with van der Waals surface area (Å²) in [5.74, 6) is -0.104. The number of fused-ring (bicyclic) bond motifs is 1. The molecule has 2 heterocycles. The largest absolute Gasteiger partial charge is 0.468 e. The standard InChI is InChI=1S/C16H12O5/c1-9-14(12(8-20-9)16(18)19-2)11-7-21-13-6-4-3-5-10(13)15(11)17/h3-8H,1-2H3. The zero-order valence-corrected chi connectivity index (χ0v) is 11.5. The third-order valence-corrected chi connectivity index (χ3v) is 3.33. The van der Waals surface area contributed by atoms with Crippen molar-refractivity contribution in [3.8, 4) is 11.1 Å². The van der Waals surface area contributed by atoms with Crippen LogP contribution in [0.5, 0.6) is 0 Å². The van der Waals surface area contributed by atoms with Crippen molar-refractivity contribution in [1.82, 2.24) is 0 Å². The van der Waals surface area contributed by atoms with Gasteiger partial charge < -0.3 is 13.6 Å². The molecule has 5 nitrogen and oxygen atoms in total. The highest BCUT2D eigenvalue weighted by molar-refractivity contribution is 5.98. The van der Waals surface area contributed by atoms with Gasteiger partial charge in [-0.25, -0.2) is 4.79 Å². The fourth-order valence-corrected chi connectivity index (χ4v) is 2.30. The molecule has 2 aromatic heterocycles. The van der Waals surface area contributed by atoms with Gasteiger partial charge in [0.1, 0.15) is 29.4 Å². The summed E-state index contributed by atoms with van der Waals surface area (Å²) < 4.78 is 15.4. The van der Waals surface area contributed by atoms with Crippen LogP contribution in [0, 0.1) is 6.92 Å². The van der Waals surface area contributed by atoms with E-state index in [0.717, 1.165) is 0 Å². The van der Waals surface area contributed by atoms with Crippen LogP contribution in [0.3, 0.4) is 0 Å². The van der Waals surface area contributed by atoms with Crippen LogP contribution < -0.4 is 5.43 Å². The van der Waals surface area contributed by atoms with Crippen molar-refractivity contribution in [2.75, 3.05) is 7.11 Å². The summed E-state index contributed by atoms with van der Waals surface area (Å²) in [6.07, 6.45) is 2.63. The third-order valence-electron chi connectivity index (χ3n) is 3.33. The lowest BCUT2D eigenvalue weighted by atomic mass is 10.0. The number of rotatable bonds is 2. The van der Waals surface area contributed by atoms with E-state index in [1.54, 1.807) is 31.2 Å². The minimum absolute atomic E-state index is 0.206. The SMILES string of the molecule is COC(=O)c1coc(C)c1-c1coc2ccccc2c1=O. The number of furan rings is 1. The normalized spacial score (nSPS) is 10.8. The van der Waals surface area contributed by atoms with Gasteiger partial charge in [0.2, 0.25) is 5.43 Å². The molecule has 0 aliphatic rings. The van der Waals surface area contributed by atoms with Crippen molar-refractivity contribution >= 4 is 16.9 Å². The van der Waals surface area contributed by atoms with E-state index in [9.17, 15) is 9.59 Å². The molecule has 0 amide bonds. The van der Waals surface area contributed by atoms with Crippen molar-refractivity contribution < 1.29 is 18.4 Å². The van der Waals surface area contributed by atoms with Crippen LogP contribution in [0.4, 0.5) is 0 Å². The van der Waals surface area contributed by atoms with E-state index < -0.39 is 5.97 Å². The number of carbonyl (C=O) groups excluding carboxylic acids is 1. The van der Waals surface area contributed by atoms with Gasteiger partial charge in [-0.2, -0.15) is 0 Å². The highest BCUT2D eigenvalue weighted by Crippen LogP contribution is 2.28. The Morgan fingerprint density at radius 3 is 2.67 bits per heavy atom. The molecular weight excluding hydrogens is 272 g/mol. The number of benzene rings is 1. The summed E-state index contributed by atoms with van der Waals surface area (Å²) in [5.41, 5.74) is 1.16. The molecule has 0 saturated carbocycles. The molecule has 106 valence electrons. The summed E-state index contributed by atoms with van der Waals surface area (Å²) in [6, 6.07) is 6.93. The number of ether oxygens (including phenoxy) is 1. The Hall–Kier alpha value is -2.82. The van der Waals surface area contributed by atoms with E-state index in [2.05, 4.69) is 0 Å². The Bertz CT molecular complexity index is 885. The number of hydrogen-bond acceptors (Lipinski definition) is 5. The highest BCUT2D eigenvalue weighted by atomic mass is 16.5. The van der Waals surface area contributed by atoms with Crippen LogP contribution in [-0.2, 0) is 4.74 Å². The predicted octanol–water partition coefficient (Wildman–Crippen LogP) is 3.15. The van der Waals surface area contributed by atoms with Crippen molar-refractivity contribution in [2.24, 2.45) is 0 Å². The molecule has 3 aromatic rings. The minimum Gasteiger partial charge on any atom is -0.468 e. The molecule has 0 spiro atoms. The summed E-state index contributed by atoms with van der Waals surface area (Å²) in [7, 11) is 1.28. The number of methoxy groups -OCH3 is 1. The first-order valence-electron chi connectivity index (χ1n) is 6.30. The van der Waals surface area contributed by atoms with Crippen molar-refractivity contribution in [1.29, 1.82) is 0 Å². The third kappa shape index (κ3) is 2.03. The molecule has 0 aliphatic heterocycles. The van der Waals surface area contributed by atoms with E-state index in [-0.39, 0.29) is 16.6 Å². The van der Waals surface area contributed by atoms with Crippen LogP contribution in [-0.4, -0.2) is 13.1 Å². The smallest absolute Gasteiger partial charge is 0.341 e. The van der Waals surface area contributed by atoms with E-state index in [0.29, 0.717) is 22.3 Å². The molecule has 3 rings (SSSR count). The number of para-hydroxylation sites is 1. The molecule has 0 fully saturated rings. The lowest BCUT2D eigenvalue weighted by Crippen LogP contribution is -2.08. The average molecular weight is 284 g/mol. The Kier molecular flexibility index (Phi) is 3.10. The first-order chi connectivity index (χ1) is 10.1. The molecule has 0 radical (unpaired) electrons. The van der Waals surface area contributed by atoms with E-state index in [4.69, 9.17) is 13.6 Å². The Morgan fingerprint density at radius 2 is 1.90 bits per heavy atom. The zero-order chi connectivity index (χ0) is 15.0. The molecule has 0 N–H and O–H groups in total. The van der Waals surface area contributed by atoms with Gasteiger partial charge in [-0.3, -0.25) is 4.79 Å². The van der Waals surface area contributed by atoms with Gasteiger partial charge in [0.15, 0.2) is 0 Å². The topological polar surface area (TPSA) is 69.7 Å². The summed E-state index contributed by atoms with van der Waals surface area (Å²) in [4.78, 5) is 24.4. The van der Waals surface area contributed by atoms with Crippen LogP contribution in [0.25, 0.3) is 22.1 Å². The van der Waals surface area contributed by atoms with Gasteiger partial charge in [-0.15, -0.1) is 0 Å². The first-order valence-corrected chi connectivity index (χ1v) is 6.30. The van der Waals surface area contributed by atoms with Gasteiger partial charge in [-0.05, 0) is 19.1 Å². The molecule has 0 saturated heterocycles. The second-order valence-corrected chi connectivity index (χ2v) is 4.55. The molecule has 0 atom stereocenters. The molecule has 5 heteroatoms.